The number of benzene rings is 4. The van der Waals surface area contributed by atoms with Crippen molar-refractivity contribution < 1.29 is 22.4 Å². The number of anilines is 1. The minimum atomic E-state index is -4.29. The molecule has 0 spiro atoms. The third-order valence-electron chi connectivity index (χ3n) is 8.98. The van der Waals surface area contributed by atoms with Gasteiger partial charge < -0.3 is 10.2 Å². The first kappa shape index (κ1) is 35.1. The highest BCUT2D eigenvalue weighted by Crippen LogP contribution is 2.28. The Hall–Kier alpha value is -4.21. The quantitative estimate of drug-likeness (QED) is 0.168. The Morgan fingerprint density at radius 1 is 0.875 bits per heavy atom. The van der Waals surface area contributed by atoms with E-state index in [1.807, 2.05) is 44.2 Å². The summed E-state index contributed by atoms with van der Waals surface area (Å²) in [7, 11) is -4.29. The van der Waals surface area contributed by atoms with E-state index in [0.717, 1.165) is 53.1 Å². The molecule has 0 radical (unpaired) electrons. The van der Waals surface area contributed by atoms with Crippen LogP contribution < -0.4 is 9.62 Å². The van der Waals surface area contributed by atoms with Gasteiger partial charge in [0.2, 0.25) is 11.8 Å². The molecule has 1 aliphatic rings. The Kier molecular flexibility index (Phi) is 11.5. The normalized spacial score (nSPS) is 14.2. The second kappa shape index (κ2) is 15.8. The zero-order valence-corrected chi connectivity index (χ0v) is 28.8. The fourth-order valence-corrected chi connectivity index (χ4v) is 7.58. The molecule has 4 aromatic carbocycles. The lowest BCUT2D eigenvalue weighted by atomic mass is 9.94. The summed E-state index contributed by atoms with van der Waals surface area (Å²) in [6, 6.07) is 25.3. The molecule has 4 aromatic rings. The van der Waals surface area contributed by atoms with E-state index in [0.29, 0.717) is 10.7 Å². The average molecular weight is 690 g/mol. The zero-order valence-electron chi connectivity index (χ0n) is 27.2. The number of carbonyl (C=O) groups is 2. The van der Waals surface area contributed by atoms with Crippen molar-refractivity contribution in [2.75, 3.05) is 10.8 Å². The Bertz CT molecular complexity index is 1830. The van der Waals surface area contributed by atoms with Crippen LogP contribution in [0.15, 0.2) is 102 Å². The number of sulfonamides is 1. The number of amides is 2. The molecule has 252 valence electrons. The molecule has 1 saturated carbocycles. The Labute approximate surface area is 287 Å². The monoisotopic (exact) mass is 689 g/mol. The summed E-state index contributed by atoms with van der Waals surface area (Å²) < 4.78 is 44.7. The van der Waals surface area contributed by atoms with Gasteiger partial charge in [0.25, 0.3) is 10.0 Å². The van der Waals surface area contributed by atoms with Gasteiger partial charge in [-0.2, -0.15) is 0 Å². The smallest absolute Gasteiger partial charge is 0.264 e. The molecule has 1 fully saturated rings. The Balaban J connectivity index is 1.58. The molecule has 1 aliphatic carbocycles. The summed E-state index contributed by atoms with van der Waals surface area (Å²) >= 11 is 6.08. The number of nitrogens with one attached hydrogen (secondary N) is 1. The number of hydrogen-bond donors (Lipinski definition) is 1. The molecular weight excluding hydrogens is 649 g/mol. The summed E-state index contributed by atoms with van der Waals surface area (Å²) in [4.78, 5) is 30.1. The standard InChI is InChI=1S/C38H41ClFN3O4S/c1-27-17-20-33(23-28(27)2)43(48(46,47)34-21-18-31(39)19-22-34)26-37(44)42(25-30-13-9-10-16-35(30)40)36(24-29-11-5-3-6-12-29)38(45)41-32-14-7-4-8-15-32/h3,5-6,9-13,16-23,32,36H,4,7-8,14-15,24-26H2,1-2H3,(H,41,45)/t36-/m1/s1. The summed E-state index contributed by atoms with van der Waals surface area (Å²) in [6.07, 6.45) is 4.94. The van der Waals surface area contributed by atoms with Crippen LogP contribution in [0, 0.1) is 19.7 Å². The van der Waals surface area contributed by atoms with Gasteiger partial charge in [0.05, 0.1) is 10.6 Å². The van der Waals surface area contributed by atoms with Gasteiger partial charge in [-0.05, 0) is 85.8 Å². The minimum Gasteiger partial charge on any atom is -0.352 e. The van der Waals surface area contributed by atoms with Gasteiger partial charge in [-0.1, -0.05) is 85.5 Å². The maximum Gasteiger partial charge on any atom is 0.264 e. The second-order valence-electron chi connectivity index (χ2n) is 12.4. The molecule has 0 unspecified atom stereocenters. The van der Waals surface area contributed by atoms with Crippen molar-refractivity contribution >= 4 is 39.1 Å². The molecule has 5 rings (SSSR count). The van der Waals surface area contributed by atoms with E-state index in [4.69, 9.17) is 11.6 Å². The number of halogens is 2. The highest BCUT2D eigenvalue weighted by atomic mass is 35.5. The molecule has 10 heteroatoms. The topological polar surface area (TPSA) is 86.8 Å². The van der Waals surface area contributed by atoms with E-state index < -0.39 is 34.3 Å². The van der Waals surface area contributed by atoms with Crippen LogP contribution in [0.5, 0.6) is 0 Å². The van der Waals surface area contributed by atoms with Gasteiger partial charge in [0.15, 0.2) is 0 Å². The van der Waals surface area contributed by atoms with Crippen molar-refractivity contribution in [2.24, 2.45) is 0 Å². The Morgan fingerprint density at radius 2 is 1.54 bits per heavy atom. The average Bonchev–Trinajstić information content (AvgIpc) is 3.08. The van der Waals surface area contributed by atoms with Crippen molar-refractivity contribution in [1.29, 1.82) is 0 Å². The van der Waals surface area contributed by atoms with Crippen LogP contribution >= 0.6 is 11.6 Å². The molecule has 1 atom stereocenters. The fourth-order valence-electron chi connectivity index (χ4n) is 6.05. The predicted octanol–water partition coefficient (Wildman–Crippen LogP) is 7.38. The first-order valence-electron chi connectivity index (χ1n) is 16.3. The van der Waals surface area contributed by atoms with Crippen LogP contribution in [0.25, 0.3) is 0 Å². The summed E-state index contributed by atoms with van der Waals surface area (Å²) in [5.74, 6) is -1.52. The first-order chi connectivity index (χ1) is 23.0. The van der Waals surface area contributed by atoms with Gasteiger partial charge in [0, 0.05) is 29.6 Å². The fraction of sp³-hybridized carbons (Fsp3) is 0.316. The molecule has 0 heterocycles. The van der Waals surface area contributed by atoms with Gasteiger partial charge >= 0.3 is 0 Å². The number of aryl methyl sites for hydroxylation is 2. The minimum absolute atomic E-state index is 0.0350. The molecule has 0 aromatic heterocycles. The third kappa shape index (κ3) is 8.62. The van der Waals surface area contributed by atoms with Gasteiger partial charge in [-0.3, -0.25) is 13.9 Å². The molecule has 7 nitrogen and oxygen atoms in total. The summed E-state index contributed by atoms with van der Waals surface area (Å²) in [6.45, 7) is 2.92. The number of rotatable bonds is 12. The van der Waals surface area contributed by atoms with E-state index in [1.165, 1.54) is 35.2 Å². The van der Waals surface area contributed by atoms with E-state index in [2.05, 4.69) is 5.32 Å². The van der Waals surface area contributed by atoms with E-state index in [9.17, 15) is 18.0 Å². The van der Waals surface area contributed by atoms with Crippen LogP contribution in [0.1, 0.15) is 54.4 Å². The third-order valence-corrected chi connectivity index (χ3v) is 11.0. The van der Waals surface area contributed by atoms with E-state index in [-0.39, 0.29) is 35.4 Å². The maximum absolute atomic E-state index is 15.2. The highest BCUT2D eigenvalue weighted by molar-refractivity contribution is 7.92. The molecule has 2 amide bonds. The van der Waals surface area contributed by atoms with Crippen molar-refractivity contribution in [3.8, 4) is 0 Å². The largest absolute Gasteiger partial charge is 0.352 e. The van der Waals surface area contributed by atoms with Crippen LogP contribution in [0.4, 0.5) is 10.1 Å². The SMILES string of the molecule is Cc1ccc(N(CC(=O)N(Cc2ccccc2F)[C@H](Cc2ccccc2)C(=O)NC2CCCCC2)S(=O)(=O)c2ccc(Cl)cc2)cc1C. The van der Waals surface area contributed by atoms with Crippen molar-refractivity contribution in [2.45, 2.75) is 75.9 Å². The molecule has 1 N–H and O–H groups in total. The van der Waals surface area contributed by atoms with Crippen LogP contribution in [0.3, 0.4) is 0 Å². The summed E-state index contributed by atoms with van der Waals surface area (Å²) in [5, 5.41) is 3.53. The van der Waals surface area contributed by atoms with Gasteiger partial charge in [-0.25, -0.2) is 12.8 Å². The van der Waals surface area contributed by atoms with E-state index in [1.54, 1.807) is 36.4 Å². The molecule has 0 saturated heterocycles. The number of nitrogens with zero attached hydrogens (tertiary/aromatic N) is 2. The second-order valence-corrected chi connectivity index (χ2v) is 14.7. The van der Waals surface area contributed by atoms with Crippen LogP contribution in [-0.2, 0) is 32.6 Å². The van der Waals surface area contributed by atoms with Crippen molar-refractivity contribution in [3.05, 3.63) is 130 Å². The lowest BCUT2D eigenvalue weighted by Crippen LogP contribution is -2.55. The van der Waals surface area contributed by atoms with Gasteiger partial charge in [-0.15, -0.1) is 0 Å². The van der Waals surface area contributed by atoms with Crippen molar-refractivity contribution in [3.63, 3.8) is 0 Å². The molecular formula is C38H41ClFN3O4S. The lowest BCUT2D eigenvalue weighted by molar-refractivity contribution is -0.140. The van der Waals surface area contributed by atoms with Crippen LogP contribution in [0.2, 0.25) is 5.02 Å². The summed E-state index contributed by atoms with van der Waals surface area (Å²) in [5.41, 5.74) is 3.12. The molecule has 0 aliphatic heterocycles. The van der Waals surface area contributed by atoms with Gasteiger partial charge in [0.1, 0.15) is 18.4 Å². The number of hydrogen-bond acceptors (Lipinski definition) is 4. The first-order valence-corrected chi connectivity index (χ1v) is 18.1. The number of carbonyl (C=O) groups excluding carboxylic acids is 2. The van der Waals surface area contributed by atoms with E-state index >= 15 is 4.39 Å². The zero-order chi connectivity index (χ0) is 34.3. The molecule has 0 bridgehead atoms. The maximum atomic E-state index is 15.2. The Morgan fingerprint density at radius 3 is 2.21 bits per heavy atom. The predicted molar refractivity (Wildman–Crippen MR) is 188 cm³/mol. The highest BCUT2D eigenvalue weighted by Gasteiger charge is 2.36. The van der Waals surface area contributed by atoms with Crippen LogP contribution in [-0.4, -0.2) is 43.8 Å². The molecule has 48 heavy (non-hydrogen) atoms. The lowest BCUT2D eigenvalue weighted by Gasteiger charge is -2.35. The van der Waals surface area contributed by atoms with Crippen molar-refractivity contribution in [1.82, 2.24) is 10.2 Å².